The van der Waals surface area contributed by atoms with Gasteiger partial charge in [0, 0.05) is 36.6 Å². The van der Waals surface area contributed by atoms with Crippen LogP contribution in [0.15, 0.2) is 35.0 Å². The van der Waals surface area contributed by atoms with E-state index in [1.807, 2.05) is 28.8 Å². The van der Waals surface area contributed by atoms with E-state index in [-0.39, 0.29) is 23.6 Å². The van der Waals surface area contributed by atoms with Crippen LogP contribution in [0, 0.1) is 11.6 Å². The van der Waals surface area contributed by atoms with Gasteiger partial charge >= 0.3 is 0 Å². The molecule has 5 nitrogen and oxygen atoms in total. The molecule has 1 aromatic carbocycles. The maximum absolute atomic E-state index is 13.5. The first-order valence-corrected chi connectivity index (χ1v) is 9.61. The minimum atomic E-state index is -0.767. The van der Waals surface area contributed by atoms with Gasteiger partial charge in [0.15, 0.2) is 0 Å². The van der Waals surface area contributed by atoms with Gasteiger partial charge in [-0.3, -0.25) is 14.5 Å². The van der Waals surface area contributed by atoms with Gasteiger partial charge in [0.05, 0.1) is 17.8 Å². The molecule has 8 heteroatoms. The minimum absolute atomic E-state index is 0.00813. The van der Waals surface area contributed by atoms with Gasteiger partial charge in [-0.05, 0) is 37.0 Å². The summed E-state index contributed by atoms with van der Waals surface area (Å²) in [6.07, 6.45) is 0.695. The van der Waals surface area contributed by atoms with Gasteiger partial charge in [-0.1, -0.05) is 0 Å². The lowest BCUT2D eigenvalue weighted by atomic mass is 9.93. The standard InChI is InChI=1S/C19H19F2N3O2S/c1-22-9-17(25)24(16-2-5-27-10-16)12-19(22)3-4-23(11-19)18(26)13-6-14(20)8-15(21)7-13/h2,5-8,10H,3-4,9,11-12H2,1H3/t19-/m1/s1. The number of carbonyl (C=O) groups is 2. The molecule has 1 spiro atoms. The molecule has 0 N–H and O–H groups in total. The number of amides is 2. The monoisotopic (exact) mass is 391 g/mol. The van der Waals surface area contributed by atoms with Gasteiger partial charge in [-0.2, -0.15) is 11.3 Å². The molecule has 2 amide bonds. The second-order valence-electron chi connectivity index (χ2n) is 7.18. The van der Waals surface area contributed by atoms with Gasteiger partial charge in [0.25, 0.3) is 5.91 Å². The van der Waals surface area contributed by atoms with Crippen LogP contribution in [-0.4, -0.2) is 60.4 Å². The molecule has 27 heavy (non-hydrogen) atoms. The minimum Gasteiger partial charge on any atom is -0.337 e. The Morgan fingerprint density at radius 3 is 2.59 bits per heavy atom. The Hall–Kier alpha value is -2.32. The third-order valence-electron chi connectivity index (χ3n) is 5.48. The number of likely N-dealkylation sites (N-methyl/N-ethyl adjacent to an activating group) is 1. The number of nitrogens with zero attached hydrogens (tertiary/aromatic N) is 3. The Kier molecular flexibility index (Phi) is 4.47. The van der Waals surface area contributed by atoms with Crippen molar-refractivity contribution in [1.29, 1.82) is 0 Å². The number of likely N-dealkylation sites (tertiary alicyclic amines) is 1. The summed E-state index contributed by atoms with van der Waals surface area (Å²) in [7, 11) is 1.89. The van der Waals surface area contributed by atoms with Gasteiger partial charge < -0.3 is 9.80 Å². The highest BCUT2D eigenvalue weighted by molar-refractivity contribution is 7.08. The number of carbonyl (C=O) groups excluding carboxylic acids is 2. The molecule has 2 aromatic rings. The average molecular weight is 391 g/mol. The summed E-state index contributed by atoms with van der Waals surface area (Å²) in [6.45, 7) is 1.65. The number of piperazine rings is 1. The zero-order valence-electron chi connectivity index (χ0n) is 14.8. The van der Waals surface area contributed by atoms with Crippen molar-refractivity contribution in [2.45, 2.75) is 12.0 Å². The van der Waals surface area contributed by atoms with Crippen LogP contribution < -0.4 is 4.90 Å². The summed E-state index contributed by atoms with van der Waals surface area (Å²) in [5, 5.41) is 3.86. The van der Waals surface area contributed by atoms with E-state index in [0.29, 0.717) is 26.1 Å². The predicted molar refractivity (Wildman–Crippen MR) is 98.9 cm³/mol. The average Bonchev–Trinajstić information content (AvgIpc) is 3.28. The summed E-state index contributed by atoms with van der Waals surface area (Å²) in [5.74, 6) is -1.90. The maximum Gasteiger partial charge on any atom is 0.254 e. The van der Waals surface area contributed by atoms with Gasteiger partial charge in [0.1, 0.15) is 11.6 Å². The lowest BCUT2D eigenvalue weighted by Gasteiger charge is -2.46. The second kappa shape index (κ2) is 6.69. The van der Waals surface area contributed by atoms with Gasteiger partial charge in [-0.15, -0.1) is 0 Å². The highest BCUT2D eigenvalue weighted by Crippen LogP contribution is 2.34. The van der Waals surface area contributed by atoms with Crippen LogP contribution >= 0.6 is 11.3 Å². The van der Waals surface area contributed by atoms with E-state index < -0.39 is 17.5 Å². The third kappa shape index (κ3) is 3.23. The Bertz CT molecular complexity index is 869. The molecule has 2 aliphatic rings. The quantitative estimate of drug-likeness (QED) is 0.791. The molecular formula is C19H19F2N3O2S. The molecule has 1 aromatic heterocycles. The summed E-state index contributed by atoms with van der Waals surface area (Å²) in [6, 6.07) is 4.78. The topological polar surface area (TPSA) is 43.9 Å². The van der Waals surface area contributed by atoms with Crippen LogP contribution in [0.25, 0.3) is 0 Å². The van der Waals surface area contributed by atoms with Gasteiger partial charge in [0.2, 0.25) is 5.91 Å². The molecule has 2 aliphatic heterocycles. The summed E-state index contributed by atoms with van der Waals surface area (Å²) >= 11 is 1.53. The predicted octanol–water partition coefficient (Wildman–Crippen LogP) is 2.59. The molecule has 2 saturated heterocycles. The summed E-state index contributed by atoms with van der Waals surface area (Å²) in [5.41, 5.74) is 0.514. The smallest absolute Gasteiger partial charge is 0.254 e. The van der Waals surface area contributed by atoms with Crippen LogP contribution in [-0.2, 0) is 4.79 Å². The number of halogens is 2. The Morgan fingerprint density at radius 1 is 1.19 bits per heavy atom. The molecule has 142 valence electrons. The zero-order chi connectivity index (χ0) is 19.2. The Labute approximate surface area is 159 Å². The van der Waals surface area contributed by atoms with E-state index >= 15 is 0 Å². The fraction of sp³-hybridized carbons (Fsp3) is 0.368. The van der Waals surface area contributed by atoms with Crippen molar-refractivity contribution in [3.63, 3.8) is 0 Å². The first kappa shape index (κ1) is 18.1. The molecule has 2 fully saturated rings. The Balaban J connectivity index is 1.56. The molecule has 3 heterocycles. The summed E-state index contributed by atoms with van der Waals surface area (Å²) < 4.78 is 26.9. The fourth-order valence-corrected chi connectivity index (χ4v) is 4.58. The number of hydrogen-bond acceptors (Lipinski definition) is 4. The van der Waals surface area contributed by atoms with Crippen molar-refractivity contribution in [3.05, 3.63) is 52.2 Å². The van der Waals surface area contributed by atoms with E-state index in [2.05, 4.69) is 0 Å². The number of anilines is 1. The second-order valence-corrected chi connectivity index (χ2v) is 7.96. The molecular weight excluding hydrogens is 372 g/mol. The first-order valence-electron chi connectivity index (χ1n) is 8.67. The number of hydrogen-bond donors (Lipinski definition) is 0. The van der Waals surface area contributed by atoms with Crippen molar-refractivity contribution in [2.24, 2.45) is 0 Å². The molecule has 0 bridgehead atoms. The van der Waals surface area contributed by atoms with E-state index in [0.717, 1.165) is 23.9 Å². The zero-order valence-corrected chi connectivity index (χ0v) is 15.6. The molecule has 0 aliphatic carbocycles. The molecule has 1 atom stereocenters. The molecule has 0 radical (unpaired) electrons. The Morgan fingerprint density at radius 2 is 1.93 bits per heavy atom. The van der Waals surface area contributed by atoms with Crippen molar-refractivity contribution in [1.82, 2.24) is 9.80 Å². The first-order chi connectivity index (χ1) is 12.9. The SMILES string of the molecule is CN1CC(=O)N(c2ccsc2)C[C@]12CCN(C(=O)c1cc(F)cc(F)c1)C2. The summed E-state index contributed by atoms with van der Waals surface area (Å²) in [4.78, 5) is 30.6. The molecule has 0 saturated carbocycles. The number of thiophene rings is 1. The van der Waals surface area contributed by atoms with E-state index in [9.17, 15) is 18.4 Å². The van der Waals surface area contributed by atoms with Crippen LogP contribution in [0.5, 0.6) is 0 Å². The number of benzene rings is 1. The maximum atomic E-state index is 13.5. The van der Waals surface area contributed by atoms with Crippen molar-refractivity contribution >= 4 is 28.8 Å². The largest absolute Gasteiger partial charge is 0.337 e. The fourth-order valence-electron chi connectivity index (χ4n) is 3.94. The highest BCUT2D eigenvalue weighted by atomic mass is 32.1. The van der Waals surface area contributed by atoms with Crippen LogP contribution in [0.4, 0.5) is 14.5 Å². The lowest BCUT2D eigenvalue weighted by molar-refractivity contribution is -0.123. The highest BCUT2D eigenvalue weighted by Gasteiger charge is 2.48. The van der Waals surface area contributed by atoms with Crippen LogP contribution in [0.2, 0.25) is 0 Å². The molecule has 4 rings (SSSR count). The third-order valence-corrected chi connectivity index (χ3v) is 6.15. The van der Waals surface area contributed by atoms with Crippen molar-refractivity contribution in [3.8, 4) is 0 Å². The lowest BCUT2D eigenvalue weighted by Crippen LogP contribution is -2.64. The van der Waals surface area contributed by atoms with E-state index in [1.54, 1.807) is 9.80 Å². The van der Waals surface area contributed by atoms with Crippen LogP contribution in [0.1, 0.15) is 16.8 Å². The normalized spacial score (nSPS) is 23.4. The van der Waals surface area contributed by atoms with E-state index in [1.165, 1.54) is 11.3 Å². The van der Waals surface area contributed by atoms with Crippen LogP contribution in [0.3, 0.4) is 0 Å². The van der Waals surface area contributed by atoms with Crippen molar-refractivity contribution < 1.29 is 18.4 Å². The molecule has 0 unspecified atom stereocenters. The van der Waals surface area contributed by atoms with Gasteiger partial charge in [-0.25, -0.2) is 8.78 Å². The van der Waals surface area contributed by atoms with Crippen molar-refractivity contribution in [2.75, 3.05) is 38.1 Å². The number of rotatable bonds is 2. The van der Waals surface area contributed by atoms with E-state index in [4.69, 9.17) is 0 Å².